The third kappa shape index (κ3) is 2.43. The Labute approximate surface area is 110 Å². The van der Waals surface area contributed by atoms with Gasteiger partial charge in [0.15, 0.2) is 0 Å². The number of benzene rings is 1. The van der Waals surface area contributed by atoms with E-state index < -0.39 is 17.2 Å². The lowest BCUT2D eigenvalue weighted by Crippen LogP contribution is -2.45. The molecule has 0 aromatic heterocycles. The highest BCUT2D eigenvalue weighted by atomic mass is 35.5. The molecule has 1 aromatic rings. The Balaban J connectivity index is 2.33. The second-order valence-electron chi connectivity index (χ2n) is 4.28. The van der Waals surface area contributed by atoms with Gasteiger partial charge in [-0.1, -0.05) is 29.8 Å². The van der Waals surface area contributed by atoms with Crippen molar-refractivity contribution < 1.29 is 9.59 Å². The zero-order chi connectivity index (χ0) is 13.3. The summed E-state index contributed by atoms with van der Waals surface area (Å²) < 4.78 is 0. The van der Waals surface area contributed by atoms with Crippen molar-refractivity contribution in [2.45, 2.75) is 25.1 Å². The van der Waals surface area contributed by atoms with Crippen LogP contribution < -0.4 is 5.32 Å². The van der Waals surface area contributed by atoms with Crippen molar-refractivity contribution >= 4 is 29.3 Å². The van der Waals surface area contributed by atoms with Crippen molar-refractivity contribution in [2.24, 2.45) is 4.99 Å². The summed E-state index contributed by atoms with van der Waals surface area (Å²) in [5, 5.41) is 2.08. The van der Waals surface area contributed by atoms with Gasteiger partial charge in [0, 0.05) is 0 Å². The number of aryl methyl sites for hydroxylation is 1. The van der Waals surface area contributed by atoms with Crippen molar-refractivity contribution in [1.82, 2.24) is 5.32 Å². The molecule has 2 atom stereocenters. The SMILES string of the molecule is Cc1ccc(C2C(=O)N=C(C(C)Cl)NC2=O)cc1. The van der Waals surface area contributed by atoms with E-state index in [9.17, 15) is 9.59 Å². The average Bonchev–Trinajstić information content (AvgIpc) is 2.30. The van der Waals surface area contributed by atoms with Gasteiger partial charge in [-0.3, -0.25) is 9.59 Å². The zero-order valence-corrected chi connectivity index (χ0v) is 10.9. The van der Waals surface area contributed by atoms with Gasteiger partial charge in [0.25, 0.3) is 5.91 Å². The third-order valence-corrected chi connectivity index (χ3v) is 2.99. The number of carbonyl (C=O) groups excluding carboxylic acids is 2. The van der Waals surface area contributed by atoms with E-state index in [2.05, 4.69) is 10.3 Å². The number of aliphatic imine (C=N–C) groups is 1. The summed E-state index contributed by atoms with van der Waals surface area (Å²) in [5.41, 5.74) is 1.72. The van der Waals surface area contributed by atoms with Crippen LogP contribution in [0.5, 0.6) is 0 Å². The van der Waals surface area contributed by atoms with Gasteiger partial charge in [0.1, 0.15) is 11.8 Å². The van der Waals surface area contributed by atoms with Crippen LogP contribution in [0.3, 0.4) is 0 Å². The van der Waals surface area contributed by atoms with Gasteiger partial charge in [-0.2, -0.15) is 4.99 Å². The highest BCUT2D eigenvalue weighted by Crippen LogP contribution is 2.21. The van der Waals surface area contributed by atoms with E-state index in [1.54, 1.807) is 19.1 Å². The molecule has 0 fully saturated rings. The topological polar surface area (TPSA) is 58.5 Å². The molecule has 0 saturated carbocycles. The number of rotatable bonds is 2. The van der Waals surface area contributed by atoms with Crippen LogP contribution in [-0.4, -0.2) is 23.0 Å². The third-order valence-electron chi connectivity index (χ3n) is 2.78. The Bertz CT molecular complexity index is 520. The smallest absolute Gasteiger partial charge is 0.264 e. The Morgan fingerprint density at radius 3 is 2.39 bits per heavy atom. The summed E-state index contributed by atoms with van der Waals surface area (Å²) in [7, 11) is 0. The largest absolute Gasteiger partial charge is 0.312 e. The fraction of sp³-hybridized carbons (Fsp3) is 0.308. The number of halogens is 1. The molecule has 0 saturated heterocycles. The molecule has 18 heavy (non-hydrogen) atoms. The van der Waals surface area contributed by atoms with Crippen molar-refractivity contribution in [3.63, 3.8) is 0 Å². The van der Waals surface area contributed by atoms with Crippen LogP contribution in [-0.2, 0) is 9.59 Å². The summed E-state index contributed by atoms with van der Waals surface area (Å²) in [6, 6.07) is 7.25. The number of hydrogen-bond donors (Lipinski definition) is 1. The Kier molecular flexibility index (Phi) is 3.48. The Hall–Kier alpha value is -1.68. The molecule has 2 unspecified atom stereocenters. The molecule has 1 aromatic carbocycles. The van der Waals surface area contributed by atoms with Crippen LogP contribution in [0.1, 0.15) is 24.0 Å². The fourth-order valence-corrected chi connectivity index (χ4v) is 1.87. The lowest BCUT2D eigenvalue weighted by molar-refractivity contribution is -0.129. The van der Waals surface area contributed by atoms with E-state index in [-0.39, 0.29) is 11.7 Å². The summed E-state index contributed by atoms with van der Waals surface area (Å²) in [4.78, 5) is 27.7. The van der Waals surface area contributed by atoms with Crippen molar-refractivity contribution in [3.8, 4) is 0 Å². The highest BCUT2D eigenvalue weighted by molar-refractivity contribution is 6.35. The zero-order valence-electron chi connectivity index (χ0n) is 10.1. The molecule has 0 radical (unpaired) electrons. The van der Waals surface area contributed by atoms with Gasteiger partial charge in [0.2, 0.25) is 5.91 Å². The van der Waals surface area contributed by atoms with Crippen LogP contribution in [0.25, 0.3) is 0 Å². The minimum atomic E-state index is -0.871. The maximum atomic E-state index is 11.9. The van der Waals surface area contributed by atoms with Gasteiger partial charge in [0.05, 0.1) is 5.38 Å². The fourth-order valence-electron chi connectivity index (χ4n) is 1.76. The van der Waals surface area contributed by atoms with Crippen molar-refractivity contribution in [3.05, 3.63) is 35.4 Å². The molecule has 1 aliphatic heterocycles. The molecule has 1 aliphatic rings. The molecular weight excluding hydrogens is 252 g/mol. The average molecular weight is 265 g/mol. The maximum absolute atomic E-state index is 11.9. The number of hydrogen-bond acceptors (Lipinski definition) is 2. The van der Waals surface area contributed by atoms with Crippen molar-refractivity contribution in [1.29, 1.82) is 0 Å². The molecule has 1 heterocycles. The van der Waals surface area contributed by atoms with E-state index in [0.29, 0.717) is 5.56 Å². The van der Waals surface area contributed by atoms with E-state index >= 15 is 0 Å². The van der Waals surface area contributed by atoms with Gasteiger partial charge in [-0.05, 0) is 19.4 Å². The van der Waals surface area contributed by atoms with E-state index in [0.717, 1.165) is 5.56 Å². The number of nitrogens with one attached hydrogen (secondary N) is 1. The number of nitrogens with zero attached hydrogens (tertiary/aromatic N) is 1. The Morgan fingerprint density at radius 2 is 1.89 bits per heavy atom. The normalized spacial score (nSPS) is 21.3. The summed E-state index contributed by atoms with van der Waals surface area (Å²) >= 11 is 5.80. The number of amidine groups is 1. The molecular formula is C13H13ClN2O2. The monoisotopic (exact) mass is 264 g/mol. The first-order valence-corrected chi connectivity index (χ1v) is 6.06. The lowest BCUT2D eigenvalue weighted by Gasteiger charge is -2.21. The molecule has 2 amide bonds. The van der Waals surface area contributed by atoms with Gasteiger partial charge < -0.3 is 5.32 Å². The quantitative estimate of drug-likeness (QED) is 0.654. The minimum Gasteiger partial charge on any atom is -0.312 e. The lowest BCUT2D eigenvalue weighted by atomic mass is 9.95. The predicted octanol–water partition coefficient (Wildman–Crippen LogP) is 1.76. The maximum Gasteiger partial charge on any atom is 0.264 e. The standard InChI is InChI=1S/C13H13ClN2O2/c1-7-3-5-9(6-4-7)10-12(17)15-11(8(2)14)16-13(10)18/h3-6,8,10H,1-2H3,(H,15,16,17,18). The van der Waals surface area contributed by atoms with E-state index in [1.807, 2.05) is 19.1 Å². The number of carbonyl (C=O) groups is 2. The first-order chi connectivity index (χ1) is 8.49. The van der Waals surface area contributed by atoms with Gasteiger partial charge in [-0.25, -0.2) is 0 Å². The van der Waals surface area contributed by atoms with E-state index in [4.69, 9.17) is 11.6 Å². The summed E-state index contributed by atoms with van der Waals surface area (Å²) in [5.74, 6) is -1.49. The Morgan fingerprint density at radius 1 is 1.28 bits per heavy atom. The summed E-state index contributed by atoms with van der Waals surface area (Å²) in [6.45, 7) is 3.60. The molecule has 2 rings (SSSR count). The first kappa shape index (κ1) is 12.8. The van der Waals surface area contributed by atoms with Crippen LogP contribution in [0.15, 0.2) is 29.3 Å². The van der Waals surface area contributed by atoms with Gasteiger partial charge in [-0.15, -0.1) is 11.6 Å². The highest BCUT2D eigenvalue weighted by Gasteiger charge is 2.34. The predicted molar refractivity (Wildman–Crippen MR) is 69.8 cm³/mol. The molecule has 4 nitrogen and oxygen atoms in total. The molecule has 5 heteroatoms. The second-order valence-corrected chi connectivity index (χ2v) is 4.94. The number of alkyl halides is 1. The second kappa shape index (κ2) is 4.90. The minimum absolute atomic E-state index is 0.218. The molecule has 1 N–H and O–H groups in total. The molecule has 0 aliphatic carbocycles. The number of amides is 2. The van der Waals surface area contributed by atoms with E-state index in [1.165, 1.54) is 0 Å². The van der Waals surface area contributed by atoms with Gasteiger partial charge >= 0.3 is 0 Å². The van der Waals surface area contributed by atoms with Crippen LogP contribution in [0.4, 0.5) is 0 Å². The first-order valence-electron chi connectivity index (χ1n) is 5.63. The van der Waals surface area contributed by atoms with Crippen LogP contribution in [0.2, 0.25) is 0 Å². The van der Waals surface area contributed by atoms with Crippen LogP contribution in [0, 0.1) is 6.92 Å². The summed E-state index contributed by atoms with van der Waals surface area (Å²) in [6.07, 6.45) is 0. The van der Waals surface area contributed by atoms with Crippen LogP contribution >= 0.6 is 11.6 Å². The molecule has 0 bridgehead atoms. The van der Waals surface area contributed by atoms with Crippen molar-refractivity contribution in [2.75, 3.05) is 0 Å². The molecule has 0 spiro atoms. The molecule has 94 valence electrons.